The molecule has 2 aromatic rings. The van der Waals surface area contributed by atoms with Crippen LogP contribution in [0.1, 0.15) is 39.2 Å². The smallest absolute Gasteiger partial charge is 0.356 e. The van der Waals surface area contributed by atoms with E-state index in [1.165, 1.54) is 0 Å². The highest BCUT2D eigenvalue weighted by molar-refractivity contribution is 5.94. The van der Waals surface area contributed by atoms with Crippen LogP contribution >= 0.6 is 0 Å². The molecule has 2 atom stereocenters. The lowest BCUT2D eigenvalue weighted by molar-refractivity contribution is -0.176. The molecule has 2 aliphatic rings. The first-order valence-corrected chi connectivity index (χ1v) is 9.30. The molecule has 1 aliphatic carbocycles. The Labute approximate surface area is 163 Å². The van der Waals surface area contributed by atoms with Crippen LogP contribution in [-0.2, 0) is 14.3 Å². The molecule has 1 saturated heterocycles. The van der Waals surface area contributed by atoms with Gasteiger partial charge in [0.1, 0.15) is 5.75 Å². The van der Waals surface area contributed by atoms with Crippen molar-refractivity contribution in [3.05, 3.63) is 54.1 Å². The Balaban J connectivity index is 1.54. The summed E-state index contributed by atoms with van der Waals surface area (Å²) in [6.45, 7) is 5.67. The predicted molar refractivity (Wildman–Crippen MR) is 102 cm³/mol. The number of benzene rings is 2. The van der Waals surface area contributed by atoms with Crippen molar-refractivity contribution in [1.82, 2.24) is 0 Å². The van der Waals surface area contributed by atoms with Gasteiger partial charge in [-0.2, -0.15) is 5.26 Å². The monoisotopic (exact) mass is 375 g/mol. The summed E-state index contributed by atoms with van der Waals surface area (Å²) in [7, 11) is 0. The first-order chi connectivity index (χ1) is 13.2. The van der Waals surface area contributed by atoms with E-state index in [0.29, 0.717) is 24.2 Å². The fourth-order valence-electron chi connectivity index (χ4n) is 4.34. The second-order valence-corrected chi connectivity index (χ2v) is 8.28. The molecule has 1 heterocycles. The van der Waals surface area contributed by atoms with Crippen molar-refractivity contribution < 1.29 is 19.1 Å². The van der Waals surface area contributed by atoms with Gasteiger partial charge in [0.25, 0.3) is 0 Å². The van der Waals surface area contributed by atoms with Gasteiger partial charge in [-0.3, -0.25) is 4.79 Å². The van der Waals surface area contributed by atoms with Crippen molar-refractivity contribution in [3.8, 4) is 22.9 Å². The molecule has 2 aromatic carbocycles. The topological polar surface area (TPSA) is 76.4 Å². The van der Waals surface area contributed by atoms with Crippen LogP contribution in [0.25, 0.3) is 11.1 Å². The fraction of sp³-hybridized carbons (Fsp3) is 0.348. The van der Waals surface area contributed by atoms with Crippen molar-refractivity contribution in [1.29, 1.82) is 5.26 Å². The van der Waals surface area contributed by atoms with E-state index in [1.54, 1.807) is 24.3 Å². The van der Waals surface area contributed by atoms with Crippen molar-refractivity contribution in [2.75, 3.05) is 0 Å². The lowest BCUT2D eigenvalue weighted by Crippen LogP contribution is -2.50. The quantitative estimate of drug-likeness (QED) is 0.592. The Bertz CT molecular complexity index is 1000. The van der Waals surface area contributed by atoms with Gasteiger partial charge in [-0.1, -0.05) is 38.1 Å². The van der Waals surface area contributed by atoms with Gasteiger partial charge >= 0.3 is 11.9 Å². The fourth-order valence-corrected chi connectivity index (χ4v) is 4.34. The zero-order valence-electron chi connectivity index (χ0n) is 16.1. The Morgan fingerprint density at radius 1 is 1.00 bits per heavy atom. The van der Waals surface area contributed by atoms with Crippen LogP contribution in [0.2, 0.25) is 0 Å². The number of carbonyl (C=O) groups excluding carboxylic acids is 2. The third kappa shape index (κ3) is 2.31. The third-order valence-electron chi connectivity index (χ3n) is 6.83. The van der Waals surface area contributed by atoms with Gasteiger partial charge in [-0.25, -0.2) is 4.79 Å². The first kappa shape index (κ1) is 18.2. The van der Waals surface area contributed by atoms with Gasteiger partial charge < -0.3 is 9.47 Å². The zero-order chi connectivity index (χ0) is 20.2. The van der Waals surface area contributed by atoms with Crippen molar-refractivity contribution in [3.63, 3.8) is 0 Å². The van der Waals surface area contributed by atoms with Gasteiger partial charge in [0.05, 0.1) is 17.0 Å². The summed E-state index contributed by atoms with van der Waals surface area (Å²) in [6.07, 6.45) is 1.09. The maximum atomic E-state index is 13.0. The maximum absolute atomic E-state index is 13.0. The summed E-state index contributed by atoms with van der Waals surface area (Å²) >= 11 is 0. The summed E-state index contributed by atoms with van der Waals surface area (Å²) in [4.78, 5) is 25.3. The molecule has 5 heteroatoms. The largest absolute Gasteiger partial charge is 0.446 e. The molecule has 0 unspecified atom stereocenters. The molecule has 5 nitrogen and oxygen atoms in total. The number of nitrogens with zero attached hydrogens (tertiary/aromatic N) is 1. The molecule has 0 N–H and O–H groups in total. The number of fused-ring (bicyclic) bond motifs is 2. The second kappa shape index (κ2) is 5.93. The number of hydrogen-bond donors (Lipinski definition) is 0. The van der Waals surface area contributed by atoms with Gasteiger partial charge in [0, 0.05) is 5.41 Å². The van der Waals surface area contributed by atoms with E-state index in [-0.39, 0.29) is 5.97 Å². The molecule has 1 saturated carbocycles. The molecular weight excluding hydrogens is 354 g/mol. The second-order valence-electron chi connectivity index (χ2n) is 8.28. The van der Waals surface area contributed by atoms with Gasteiger partial charge in [0.15, 0.2) is 0 Å². The highest BCUT2D eigenvalue weighted by atomic mass is 16.6. The van der Waals surface area contributed by atoms with Crippen molar-refractivity contribution in [2.45, 2.75) is 39.2 Å². The molecule has 0 aromatic heterocycles. The van der Waals surface area contributed by atoms with Crippen LogP contribution in [0.3, 0.4) is 0 Å². The molecule has 0 radical (unpaired) electrons. The van der Waals surface area contributed by atoms with E-state index < -0.39 is 22.4 Å². The molecule has 28 heavy (non-hydrogen) atoms. The van der Waals surface area contributed by atoms with Crippen LogP contribution < -0.4 is 4.74 Å². The standard InChI is InChI=1S/C23H21NO4/c1-21(2)22(3)12-13-23(21,28-19(22)25)20(26)27-18-10-8-17(9-11-18)16-6-4-15(14-24)5-7-16/h4-11H,12-13H2,1-3H3/t22-,23-/m1/s1. The number of rotatable bonds is 3. The van der Waals surface area contributed by atoms with Crippen LogP contribution in [0.5, 0.6) is 5.75 Å². The van der Waals surface area contributed by atoms with Gasteiger partial charge in [0.2, 0.25) is 5.60 Å². The average molecular weight is 375 g/mol. The van der Waals surface area contributed by atoms with E-state index >= 15 is 0 Å². The summed E-state index contributed by atoms with van der Waals surface area (Å²) < 4.78 is 11.2. The number of nitriles is 1. The molecule has 2 bridgehead atoms. The van der Waals surface area contributed by atoms with Gasteiger partial charge in [-0.05, 0) is 55.2 Å². The van der Waals surface area contributed by atoms with E-state index in [0.717, 1.165) is 11.1 Å². The lowest BCUT2D eigenvalue weighted by atomic mass is 9.66. The van der Waals surface area contributed by atoms with Crippen LogP contribution in [0.15, 0.2) is 48.5 Å². The number of esters is 2. The molecule has 2 fully saturated rings. The van der Waals surface area contributed by atoms with Gasteiger partial charge in [-0.15, -0.1) is 0 Å². The SMILES string of the molecule is CC1(C)[C@]2(C)CC[C@]1(C(=O)Oc1ccc(-c3ccc(C#N)cc3)cc1)OC2=O. The average Bonchev–Trinajstić information content (AvgIpc) is 2.99. The summed E-state index contributed by atoms with van der Waals surface area (Å²) in [5.41, 5.74) is -0.00517. The normalized spacial score (nSPS) is 27.1. The zero-order valence-corrected chi connectivity index (χ0v) is 16.1. The minimum absolute atomic E-state index is 0.322. The van der Waals surface area contributed by atoms with Crippen LogP contribution in [-0.4, -0.2) is 17.5 Å². The molecule has 4 rings (SSSR count). The Morgan fingerprint density at radius 3 is 2.04 bits per heavy atom. The highest BCUT2D eigenvalue weighted by Gasteiger charge is 2.76. The predicted octanol–water partition coefficient (Wildman–Crippen LogP) is 4.25. The highest BCUT2D eigenvalue weighted by Crippen LogP contribution is 2.65. The van der Waals surface area contributed by atoms with Crippen molar-refractivity contribution in [2.24, 2.45) is 10.8 Å². The molecule has 1 aliphatic heterocycles. The molecule has 0 amide bonds. The molecular formula is C23H21NO4. The number of carbonyl (C=O) groups is 2. The summed E-state index contributed by atoms with van der Waals surface area (Å²) in [6, 6.07) is 16.5. The number of hydrogen-bond acceptors (Lipinski definition) is 5. The summed E-state index contributed by atoms with van der Waals surface area (Å²) in [5, 5.41) is 8.89. The van der Waals surface area contributed by atoms with E-state index in [9.17, 15) is 9.59 Å². The molecule has 0 spiro atoms. The molecule has 142 valence electrons. The van der Waals surface area contributed by atoms with E-state index in [1.807, 2.05) is 45.0 Å². The lowest BCUT2D eigenvalue weighted by Gasteiger charge is -2.34. The Hall–Kier alpha value is -3.13. The third-order valence-corrected chi connectivity index (χ3v) is 6.83. The number of ether oxygens (including phenoxy) is 2. The minimum Gasteiger partial charge on any atom is -0.446 e. The van der Waals surface area contributed by atoms with Crippen LogP contribution in [0, 0.1) is 22.2 Å². The van der Waals surface area contributed by atoms with Crippen molar-refractivity contribution >= 4 is 11.9 Å². The van der Waals surface area contributed by atoms with Crippen LogP contribution in [0.4, 0.5) is 0 Å². The van der Waals surface area contributed by atoms with E-state index in [4.69, 9.17) is 14.7 Å². The first-order valence-electron chi connectivity index (χ1n) is 9.30. The Morgan fingerprint density at radius 2 is 1.57 bits per heavy atom. The van der Waals surface area contributed by atoms with E-state index in [2.05, 4.69) is 6.07 Å². The minimum atomic E-state index is -1.23. The Kier molecular flexibility index (Phi) is 3.87. The maximum Gasteiger partial charge on any atom is 0.356 e. The summed E-state index contributed by atoms with van der Waals surface area (Å²) in [5.74, 6) is -0.431.